The summed E-state index contributed by atoms with van der Waals surface area (Å²) in [6.07, 6.45) is 1.89. The van der Waals surface area contributed by atoms with Gasteiger partial charge in [0.2, 0.25) is 0 Å². The third-order valence-electron chi connectivity index (χ3n) is 4.71. The molecule has 3 nitrogen and oxygen atoms in total. The van der Waals surface area contributed by atoms with Gasteiger partial charge in [-0.15, -0.1) is 0 Å². The Hall–Kier alpha value is -1.56. The lowest BCUT2D eigenvalue weighted by atomic mass is 9.89. The fraction of sp³-hybridized carbons (Fsp3) is 0.588. The highest BCUT2D eigenvalue weighted by Crippen LogP contribution is 2.30. The normalized spacial score (nSPS) is 22.1. The summed E-state index contributed by atoms with van der Waals surface area (Å²) in [5.74, 6) is -3.86. The molecule has 2 aliphatic rings. The minimum absolute atomic E-state index is 0.0845. The first-order chi connectivity index (χ1) is 11.0. The molecule has 1 aromatic rings. The first kappa shape index (κ1) is 16.3. The molecule has 2 saturated heterocycles. The van der Waals surface area contributed by atoms with E-state index in [9.17, 15) is 18.0 Å². The van der Waals surface area contributed by atoms with Crippen molar-refractivity contribution in [2.75, 3.05) is 26.2 Å². The lowest BCUT2D eigenvalue weighted by Crippen LogP contribution is -2.45. The SMILES string of the molecule is O=C(c1cc(C2CCNCC2)ccc1F)N1CCCC(F)(F)C1. The quantitative estimate of drug-likeness (QED) is 0.905. The van der Waals surface area contributed by atoms with Crippen molar-refractivity contribution >= 4 is 5.91 Å². The van der Waals surface area contributed by atoms with Crippen LogP contribution < -0.4 is 5.32 Å². The van der Waals surface area contributed by atoms with E-state index in [2.05, 4.69) is 5.32 Å². The van der Waals surface area contributed by atoms with Crippen LogP contribution in [-0.2, 0) is 0 Å². The first-order valence-electron chi connectivity index (χ1n) is 8.13. The average molecular weight is 326 g/mol. The molecule has 1 amide bonds. The van der Waals surface area contributed by atoms with E-state index in [1.807, 2.05) is 0 Å². The summed E-state index contributed by atoms with van der Waals surface area (Å²) in [5.41, 5.74) is 0.832. The lowest BCUT2D eigenvalue weighted by Gasteiger charge is -2.32. The van der Waals surface area contributed by atoms with Gasteiger partial charge in [0.25, 0.3) is 11.8 Å². The van der Waals surface area contributed by atoms with E-state index in [0.717, 1.165) is 36.4 Å². The zero-order chi connectivity index (χ0) is 16.4. The van der Waals surface area contributed by atoms with E-state index < -0.39 is 24.2 Å². The summed E-state index contributed by atoms with van der Waals surface area (Å²) < 4.78 is 41.1. The molecule has 2 heterocycles. The van der Waals surface area contributed by atoms with Crippen LogP contribution in [0.5, 0.6) is 0 Å². The molecule has 0 spiro atoms. The molecule has 1 aromatic carbocycles. The molecule has 0 aliphatic carbocycles. The number of hydrogen-bond donors (Lipinski definition) is 1. The third kappa shape index (κ3) is 3.68. The van der Waals surface area contributed by atoms with Crippen LogP contribution in [0.1, 0.15) is 47.5 Å². The van der Waals surface area contributed by atoms with Gasteiger partial charge in [-0.05, 0) is 56.0 Å². The molecule has 0 unspecified atom stereocenters. The van der Waals surface area contributed by atoms with Gasteiger partial charge >= 0.3 is 0 Å². The van der Waals surface area contributed by atoms with Gasteiger partial charge in [-0.2, -0.15) is 0 Å². The van der Waals surface area contributed by atoms with Crippen LogP contribution in [0.2, 0.25) is 0 Å². The topological polar surface area (TPSA) is 32.3 Å². The van der Waals surface area contributed by atoms with Crippen molar-refractivity contribution in [3.05, 3.63) is 35.1 Å². The second-order valence-electron chi connectivity index (χ2n) is 6.45. The van der Waals surface area contributed by atoms with Gasteiger partial charge in [0.05, 0.1) is 12.1 Å². The van der Waals surface area contributed by atoms with Gasteiger partial charge in [-0.25, -0.2) is 13.2 Å². The van der Waals surface area contributed by atoms with E-state index in [1.165, 1.54) is 6.07 Å². The molecule has 6 heteroatoms. The number of carbonyl (C=O) groups is 1. The second-order valence-corrected chi connectivity index (χ2v) is 6.45. The number of nitrogens with zero attached hydrogens (tertiary/aromatic N) is 1. The van der Waals surface area contributed by atoms with Crippen molar-refractivity contribution in [1.82, 2.24) is 10.2 Å². The van der Waals surface area contributed by atoms with Gasteiger partial charge in [0.15, 0.2) is 0 Å². The highest BCUT2D eigenvalue weighted by molar-refractivity contribution is 5.94. The molecule has 2 aliphatic heterocycles. The monoisotopic (exact) mass is 326 g/mol. The lowest BCUT2D eigenvalue weighted by molar-refractivity contribution is -0.0561. The van der Waals surface area contributed by atoms with Crippen LogP contribution in [-0.4, -0.2) is 42.9 Å². The molecule has 0 radical (unpaired) electrons. The molecule has 0 aromatic heterocycles. The van der Waals surface area contributed by atoms with Gasteiger partial charge in [-0.3, -0.25) is 4.79 Å². The van der Waals surface area contributed by atoms with Crippen LogP contribution in [0.4, 0.5) is 13.2 Å². The molecule has 1 N–H and O–H groups in total. The number of amides is 1. The standard InChI is InChI=1S/C17H21F3N2O/c18-15-3-2-13(12-4-7-21-8-5-12)10-14(15)16(23)22-9-1-6-17(19,20)11-22/h2-3,10,12,21H,1,4-9,11H2. The van der Waals surface area contributed by atoms with Crippen molar-refractivity contribution in [2.45, 2.75) is 37.5 Å². The first-order valence-corrected chi connectivity index (χ1v) is 8.13. The molecule has 2 fully saturated rings. The summed E-state index contributed by atoms with van der Waals surface area (Å²) in [6, 6.07) is 4.54. The largest absolute Gasteiger partial charge is 0.333 e. The maximum atomic E-state index is 14.1. The van der Waals surface area contributed by atoms with E-state index >= 15 is 0 Å². The molecule has 3 rings (SSSR count). The van der Waals surface area contributed by atoms with Crippen molar-refractivity contribution in [2.24, 2.45) is 0 Å². The van der Waals surface area contributed by atoms with Crippen LogP contribution in [0.3, 0.4) is 0 Å². The van der Waals surface area contributed by atoms with E-state index in [-0.39, 0.29) is 30.9 Å². The number of benzene rings is 1. The van der Waals surface area contributed by atoms with Crippen molar-refractivity contribution in [3.8, 4) is 0 Å². The number of piperidine rings is 2. The van der Waals surface area contributed by atoms with Crippen molar-refractivity contribution in [1.29, 1.82) is 0 Å². The van der Waals surface area contributed by atoms with E-state index in [4.69, 9.17) is 0 Å². The predicted octanol–water partition coefficient (Wildman–Crippen LogP) is 3.16. The van der Waals surface area contributed by atoms with Crippen molar-refractivity contribution in [3.63, 3.8) is 0 Å². The minimum atomic E-state index is -2.88. The Morgan fingerprint density at radius 2 is 2.00 bits per heavy atom. The Morgan fingerprint density at radius 1 is 1.26 bits per heavy atom. The summed E-state index contributed by atoms with van der Waals surface area (Å²) in [5, 5.41) is 3.26. The van der Waals surface area contributed by atoms with Crippen LogP contribution in [0.25, 0.3) is 0 Å². The summed E-state index contributed by atoms with van der Waals surface area (Å²) in [6.45, 7) is 1.42. The molecule has 0 saturated carbocycles. The maximum Gasteiger partial charge on any atom is 0.265 e. The second kappa shape index (κ2) is 6.51. The van der Waals surface area contributed by atoms with E-state index in [0.29, 0.717) is 0 Å². The van der Waals surface area contributed by atoms with Gasteiger partial charge in [0.1, 0.15) is 5.82 Å². The fourth-order valence-corrected chi connectivity index (χ4v) is 3.43. The number of nitrogens with one attached hydrogen (secondary N) is 1. The Bertz CT molecular complexity index is 585. The van der Waals surface area contributed by atoms with Gasteiger partial charge in [-0.1, -0.05) is 6.07 Å². The summed E-state index contributed by atoms with van der Waals surface area (Å²) in [4.78, 5) is 13.6. The van der Waals surface area contributed by atoms with Gasteiger partial charge in [0, 0.05) is 13.0 Å². The molecular formula is C17H21F3N2O. The Morgan fingerprint density at radius 3 is 2.70 bits per heavy atom. The Labute approximate surface area is 133 Å². The minimum Gasteiger partial charge on any atom is -0.333 e. The van der Waals surface area contributed by atoms with Crippen LogP contribution >= 0.6 is 0 Å². The summed E-state index contributed by atoms with van der Waals surface area (Å²) in [7, 11) is 0. The summed E-state index contributed by atoms with van der Waals surface area (Å²) >= 11 is 0. The third-order valence-corrected chi connectivity index (χ3v) is 4.71. The molecular weight excluding hydrogens is 305 g/mol. The van der Waals surface area contributed by atoms with Crippen molar-refractivity contribution < 1.29 is 18.0 Å². The average Bonchev–Trinajstić information content (AvgIpc) is 2.54. The smallest absolute Gasteiger partial charge is 0.265 e. The molecule has 0 bridgehead atoms. The Kier molecular flexibility index (Phi) is 4.62. The predicted molar refractivity (Wildman–Crippen MR) is 81.3 cm³/mol. The maximum absolute atomic E-state index is 14.1. The number of hydrogen-bond acceptors (Lipinski definition) is 2. The zero-order valence-corrected chi connectivity index (χ0v) is 13.0. The number of alkyl halides is 2. The molecule has 23 heavy (non-hydrogen) atoms. The number of halogens is 3. The fourth-order valence-electron chi connectivity index (χ4n) is 3.43. The zero-order valence-electron chi connectivity index (χ0n) is 13.0. The molecule has 126 valence electrons. The van der Waals surface area contributed by atoms with Crippen LogP contribution in [0, 0.1) is 5.82 Å². The number of rotatable bonds is 2. The number of likely N-dealkylation sites (tertiary alicyclic amines) is 1. The highest BCUT2D eigenvalue weighted by atomic mass is 19.3. The number of carbonyl (C=O) groups excluding carboxylic acids is 1. The highest BCUT2D eigenvalue weighted by Gasteiger charge is 2.37. The van der Waals surface area contributed by atoms with Crippen LogP contribution in [0.15, 0.2) is 18.2 Å². The molecule has 0 atom stereocenters. The Balaban J connectivity index is 1.82. The van der Waals surface area contributed by atoms with Gasteiger partial charge < -0.3 is 10.2 Å². The van der Waals surface area contributed by atoms with E-state index in [1.54, 1.807) is 12.1 Å².